The molecule has 0 atom stereocenters. The molecule has 0 heterocycles. The Morgan fingerprint density at radius 3 is 2.23 bits per heavy atom. The van der Waals surface area contributed by atoms with E-state index in [0.717, 1.165) is 16.4 Å². The number of nitrogens with zero attached hydrogens (tertiary/aromatic N) is 1. The molecule has 120 valence electrons. The molecule has 3 heteroatoms. The van der Waals surface area contributed by atoms with Crippen molar-refractivity contribution in [3.8, 4) is 0 Å². The van der Waals surface area contributed by atoms with E-state index in [-0.39, 0.29) is 5.91 Å². The summed E-state index contributed by atoms with van der Waals surface area (Å²) in [5.41, 5.74) is 0.902. The number of benzene rings is 1. The normalized spacial score (nSPS) is 25.0. The molecule has 2 aliphatic carbocycles. The van der Waals surface area contributed by atoms with E-state index in [1.807, 2.05) is 18.2 Å². The first-order chi connectivity index (χ1) is 10.7. The molecule has 0 radical (unpaired) electrons. The minimum Gasteiger partial charge on any atom is -0.333 e. The van der Waals surface area contributed by atoms with Gasteiger partial charge < -0.3 is 4.90 Å². The molecule has 2 aliphatic rings. The van der Waals surface area contributed by atoms with E-state index in [1.165, 1.54) is 44.9 Å². The van der Waals surface area contributed by atoms with Crippen LogP contribution in [0.15, 0.2) is 29.2 Å². The van der Waals surface area contributed by atoms with Gasteiger partial charge in [-0.25, -0.2) is 0 Å². The number of amides is 1. The minimum atomic E-state index is 0.271. The van der Waals surface area contributed by atoms with Gasteiger partial charge >= 0.3 is 0 Å². The zero-order valence-corrected chi connectivity index (χ0v) is 14.6. The Kier molecular flexibility index (Phi) is 5.12. The van der Waals surface area contributed by atoms with Gasteiger partial charge in [0, 0.05) is 17.0 Å². The summed E-state index contributed by atoms with van der Waals surface area (Å²) in [7, 11) is 0. The summed E-state index contributed by atoms with van der Waals surface area (Å²) < 4.78 is 0. The van der Waals surface area contributed by atoms with Crippen LogP contribution in [-0.4, -0.2) is 29.1 Å². The lowest BCUT2D eigenvalue weighted by molar-refractivity contribution is 0.0583. The van der Waals surface area contributed by atoms with Crippen LogP contribution in [0.1, 0.15) is 62.2 Å². The highest BCUT2D eigenvalue weighted by Gasteiger charge is 2.39. The lowest BCUT2D eigenvalue weighted by atomic mass is 9.83. The second-order valence-corrected chi connectivity index (χ2v) is 7.57. The summed E-state index contributed by atoms with van der Waals surface area (Å²) >= 11 is 1.68. The van der Waals surface area contributed by atoms with E-state index >= 15 is 0 Å². The smallest absolute Gasteiger partial charge is 0.255 e. The first-order valence-electron chi connectivity index (χ1n) is 8.70. The van der Waals surface area contributed by atoms with Crippen LogP contribution < -0.4 is 0 Å². The monoisotopic (exact) mass is 317 g/mol. The third kappa shape index (κ3) is 3.34. The van der Waals surface area contributed by atoms with Crippen molar-refractivity contribution < 1.29 is 4.79 Å². The second kappa shape index (κ2) is 7.08. The first-order valence-corrected chi connectivity index (χ1v) is 9.92. The van der Waals surface area contributed by atoms with Crippen molar-refractivity contribution in [1.82, 2.24) is 4.90 Å². The molecule has 1 aromatic carbocycles. The third-order valence-electron chi connectivity index (χ3n) is 5.30. The van der Waals surface area contributed by atoms with E-state index in [0.29, 0.717) is 12.1 Å². The average molecular weight is 317 g/mol. The maximum atomic E-state index is 13.2. The zero-order chi connectivity index (χ0) is 15.5. The summed E-state index contributed by atoms with van der Waals surface area (Å²) in [6, 6.07) is 9.06. The number of carbonyl (C=O) groups is 1. The van der Waals surface area contributed by atoms with Crippen molar-refractivity contribution in [1.29, 1.82) is 0 Å². The largest absolute Gasteiger partial charge is 0.333 e. The van der Waals surface area contributed by atoms with Gasteiger partial charge in [-0.2, -0.15) is 0 Å². The second-order valence-electron chi connectivity index (χ2n) is 6.73. The molecule has 2 saturated carbocycles. The quantitative estimate of drug-likeness (QED) is 0.714. The molecule has 0 aromatic heterocycles. The molecule has 22 heavy (non-hydrogen) atoms. The molecule has 0 aliphatic heterocycles. The molecule has 0 bridgehead atoms. The van der Waals surface area contributed by atoms with Crippen molar-refractivity contribution in [2.45, 2.75) is 68.8 Å². The summed E-state index contributed by atoms with van der Waals surface area (Å²) in [5.74, 6) is 1.15. The molecule has 1 aromatic rings. The average Bonchev–Trinajstić information content (AvgIpc) is 3.40. The molecule has 0 unspecified atom stereocenters. The van der Waals surface area contributed by atoms with Gasteiger partial charge in [-0.05, 0) is 62.8 Å². The van der Waals surface area contributed by atoms with Gasteiger partial charge in [0.15, 0.2) is 0 Å². The Labute approximate surface area is 138 Å². The topological polar surface area (TPSA) is 20.3 Å². The third-order valence-corrected chi connectivity index (χ3v) is 6.10. The predicted molar refractivity (Wildman–Crippen MR) is 93.5 cm³/mol. The molecule has 0 spiro atoms. The highest BCUT2D eigenvalue weighted by atomic mass is 32.2. The van der Waals surface area contributed by atoms with Gasteiger partial charge in [-0.3, -0.25) is 4.79 Å². The standard InChI is InChI=1S/C19H27NOS/c1-3-14-8-10-15(11-9-14)20(16-12-13-16)19(21)17-6-4-5-7-18(17)22-2/h4-7,14-16H,3,8-13H2,1-2H3. The Morgan fingerprint density at radius 2 is 1.68 bits per heavy atom. The van der Waals surface area contributed by atoms with Crippen LogP contribution in [0.25, 0.3) is 0 Å². The fourth-order valence-corrected chi connectivity index (χ4v) is 4.36. The van der Waals surface area contributed by atoms with Gasteiger partial charge in [-0.1, -0.05) is 25.5 Å². The van der Waals surface area contributed by atoms with Gasteiger partial charge in [0.2, 0.25) is 0 Å². The van der Waals surface area contributed by atoms with Crippen molar-refractivity contribution >= 4 is 17.7 Å². The number of carbonyl (C=O) groups excluding carboxylic acids is 1. The van der Waals surface area contributed by atoms with E-state index in [9.17, 15) is 4.79 Å². The van der Waals surface area contributed by atoms with Crippen molar-refractivity contribution in [3.63, 3.8) is 0 Å². The van der Waals surface area contributed by atoms with Crippen LogP contribution in [0.2, 0.25) is 0 Å². The number of hydrogen-bond donors (Lipinski definition) is 0. The minimum absolute atomic E-state index is 0.271. The van der Waals surface area contributed by atoms with Crippen LogP contribution in [0.5, 0.6) is 0 Å². The lowest BCUT2D eigenvalue weighted by Crippen LogP contribution is -2.44. The van der Waals surface area contributed by atoms with E-state index in [1.54, 1.807) is 11.8 Å². The molecular weight excluding hydrogens is 290 g/mol. The fourth-order valence-electron chi connectivity index (χ4n) is 3.77. The van der Waals surface area contributed by atoms with Crippen LogP contribution in [0.4, 0.5) is 0 Å². The maximum absolute atomic E-state index is 13.2. The summed E-state index contributed by atoms with van der Waals surface area (Å²) in [4.78, 5) is 16.5. The van der Waals surface area contributed by atoms with E-state index < -0.39 is 0 Å². The van der Waals surface area contributed by atoms with Crippen LogP contribution in [-0.2, 0) is 0 Å². The van der Waals surface area contributed by atoms with Gasteiger partial charge in [0.05, 0.1) is 5.56 Å². The summed E-state index contributed by atoms with van der Waals surface area (Å²) in [6.45, 7) is 2.30. The molecule has 3 rings (SSSR count). The summed E-state index contributed by atoms with van der Waals surface area (Å²) in [5, 5.41) is 0. The van der Waals surface area contributed by atoms with Crippen molar-refractivity contribution in [2.24, 2.45) is 5.92 Å². The van der Waals surface area contributed by atoms with Crippen LogP contribution >= 0.6 is 11.8 Å². The Morgan fingerprint density at radius 1 is 1.09 bits per heavy atom. The van der Waals surface area contributed by atoms with Gasteiger partial charge in [-0.15, -0.1) is 11.8 Å². The highest BCUT2D eigenvalue weighted by molar-refractivity contribution is 7.98. The Bertz CT molecular complexity index is 518. The predicted octanol–water partition coefficient (Wildman–Crippen LogP) is 4.98. The Balaban J connectivity index is 1.78. The number of thioether (sulfide) groups is 1. The van der Waals surface area contributed by atoms with Crippen molar-refractivity contribution in [3.05, 3.63) is 29.8 Å². The van der Waals surface area contributed by atoms with Gasteiger partial charge in [0.25, 0.3) is 5.91 Å². The van der Waals surface area contributed by atoms with Crippen molar-refractivity contribution in [2.75, 3.05) is 6.26 Å². The molecular formula is C19H27NOS. The zero-order valence-electron chi connectivity index (χ0n) is 13.8. The Hall–Kier alpha value is -0.960. The molecule has 2 fully saturated rings. The van der Waals surface area contributed by atoms with E-state index in [2.05, 4.69) is 24.1 Å². The van der Waals surface area contributed by atoms with Gasteiger partial charge in [0.1, 0.15) is 0 Å². The summed E-state index contributed by atoms with van der Waals surface area (Å²) in [6.07, 6.45) is 10.7. The molecule has 1 amide bonds. The van der Waals surface area contributed by atoms with E-state index in [4.69, 9.17) is 0 Å². The molecule has 0 N–H and O–H groups in total. The number of rotatable bonds is 5. The first kappa shape index (κ1) is 15.9. The number of hydrogen-bond acceptors (Lipinski definition) is 2. The molecule has 2 nitrogen and oxygen atoms in total. The highest BCUT2D eigenvalue weighted by Crippen LogP contribution is 2.37. The van der Waals surface area contributed by atoms with Crippen LogP contribution in [0, 0.1) is 5.92 Å². The van der Waals surface area contributed by atoms with Crippen LogP contribution in [0.3, 0.4) is 0 Å². The SMILES string of the molecule is CCC1CCC(N(C(=O)c2ccccc2SC)C2CC2)CC1. The lowest BCUT2D eigenvalue weighted by Gasteiger charge is -2.37. The maximum Gasteiger partial charge on any atom is 0.255 e. The molecule has 0 saturated heterocycles. The fraction of sp³-hybridized carbons (Fsp3) is 0.632.